The molecule has 3 aromatic rings. The second-order valence-corrected chi connectivity index (χ2v) is 6.02. The number of aromatic nitrogens is 2. The standard InChI is InChI=1S/C20H20N4O3/c1-23(20(26)27)13-14-24(15-7-3-2-4-8-15)19(25)12-11-18-16-9-5-6-10-17(16)21-22-18/h2-12H,13-14H2,1H3,(H,21,22)(H,26,27)/b12-11+. The third kappa shape index (κ3) is 4.33. The van der Waals surface area contributed by atoms with Crippen molar-refractivity contribution in [1.29, 1.82) is 0 Å². The van der Waals surface area contributed by atoms with Gasteiger partial charge in [0, 0.05) is 37.3 Å². The Morgan fingerprint density at radius 2 is 1.78 bits per heavy atom. The molecule has 0 radical (unpaired) electrons. The van der Waals surface area contributed by atoms with E-state index in [-0.39, 0.29) is 19.0 Å². The van der Waals surface area contributed by atoms with Gasteiger partial charge in [0.2, 0.25) is 0 Å². The maximum atomic E-state index is 12.8. The summed E-state index contributed by atoms with van der Waals surface area (Å²) in [6, 6.07) is 16.8. The Hall–Kier alpha value is -3.61. The molecule has 0 atom stereocenters. The van der Waals surface area contributed by atoms with Crippen molar-refractivity contribution in [2.75, 3.05) is 25.0 Å². The van der Waals surface area contributed by atoms with Crippen LogP contribution in [-0.4, -0.2) is 52.3 Å². The predicted molar refractivity (Wildman–Crippen MR) is 105 cm³/mol. The van der Waals surface area contributed by atoms with Crippen LogP contribution in [0.5, 0.6) is 0 Å². The van der Waals surface area contributed by atoms with Crippen LogP contribution in [0.4, 0.5) is 10.5 Å². The monoisotopic (exact) mass is 364 g/mol. The van der Waals surface area contributed by atoms with E-state index in [1.54, 1.807) is 11.0 Å². The molecular formula is C20H20N4O3. The van der Waals surface area contributed by atoms with Crippen LogP contribution >= 0.6 is 0 Å². The minimum atomic E-state index is -1.03. The average Bonchev–Trinajstić information content (AvgIpc) is 3.10. The van der Waals surface area contributed by atoms with Crippen LogP contribution < -0.4 is 4.90 Å². The van der Waals surface area contributed by atoms with Crippen molar-refractivity contribution in [2.45, 2.75) is 0 Å². The van der Waals surface area contributed by atoms with E-state index in [9.17, 15) is 9.59 Å². The molecule has 0 spiro atoms. The van der Waals surface area contributed by atoms with Gasteiger partial charge in [0.15, 0.2) is 0 Å². The molecule has 0 aliphatic heterocycles. The maximum absolute atomic E-state index is 12.8. The fraction of sp³-hybridized carbons (Fsp3) is 0.150. The number of para-hydroxylation sites is 2. The zero-order chi connectivity index (χ0) is 19.2. The molecule has 1 heterocycles. The van der Waals surface area contributed by atoms with E-state index in [2.05, 4.69) is 10.2 Å². The Morgan fingerprint density at radius 3 is 2.52 bits per heavy atom. The number of carbonyl (C=O) groups is 2. The van der Waals surface area contributed by atoms with Crippen molar-refractivity contribution in [3.63, 3.8) is 0 Å². The molecule has 2 aromatic carbocycles. The zero-order valence-electron chi connectivity index (χ0n) is 14.9. The summed E-state index contributed by atoms with van der Waals surface area (Å²) in [7, 11) is 1.47. The Morgan fingerprint density at radius 1 is 1.07 bits per heavy atom. The second-order valence-electron chi connectivity index (χ2n) is 6.02. The third-order valence-electron chi connectivity index (χ3n) is 4.20. The minimum absolute atomic E-state index is 0.204. The number of H-pyrrole nitrogens is 1. The van der Waals surface area contributed by atoms with E-state index < -0.39 is 6.09 Å². The van der Waals surface area contributed by atoms with Gasteiger partial charge in [-0.15, -0.1) is 0 Å². The van der Waals surface area contributed by atoms with Gasteiger partial charge in [-0.05, 0) is 24.3 Å². The van der Waals surface area contributed by atoms with Crippen molar-refractivity contribution in [3.05, 3.63) is 66.4 Å². The number of rotatable bonds is 6. The van der Waals surface area contributed by atoms with Gasteiger partial charge in [-0.25, -0.2) is 4.79 Å². The smallest absolute Gasteiger partial charge is 0.407 e. The number of anilines is 1. The molecule has 2 N–H and O–H groups in total. The molecule has 0 aliphatic rings. The van der Waals surface area contributed by atoms with E-state index in [0.717, 1.165) is 15.8 Å². The lowest BCUT2D eigenvalue weighted by atomic mass is 10.2. The van der Waals surface area contributed by atoms with Crippen molar-refractivity contribution in [3.8, 4) is 0 Å². The molecule has 3 rings (SSSR count). The van der Waals surface area contributed by atoms with Crippen molar-refractivity contribution in [1.82, 2.24) is 15.1 Å². The topological polar surface area (TPSA) is 89.5 Å². The van der Waals surface area contributed by atoms with Gasteiger partial charge in [0.25, 0.3) is 5.91 Å². The molecule has 0 unspecified atom stereocenters. The first-order valence-corrected chi connectivity index (χ1v) is 8.48. The normalized spacial score (nSPS) is 11.0. The molecule has 2 amide bonds. The van der Waals surface area contributed by atoms with Crippen molar-refractivity contribution < 1.29 is 14.7 Å². The van der Waals surface area contributed by atoms with E-state index >= 15 is 0 Å². The molecule has 7 nitrogen and oxygen atoms in total. The number of likely N-dealkylation sites (N-methyl/N-ethyl adjacent to an activating group) is 1. The number of hydrogen-bond donors (Lipinski definition) is 2. The lowest BCUT2D eigenvalue weighted by Gasteiger charge is -2.23. The van der Waals surface area contributed by atoms with Crippen molar-refractivity contribution >= 4 is 34.7 Å². The van der Waals surface area contributed by atoms with Crippen LogP contribution in [0, 0.1) is 0 Å². The summed E-state index contributed by atoms with van der Waals surface area (Å²) in [6.45, 7) is 0.451. The first kappa shape index (κ1) is 18.2. The van der Waals surface area contributed by atoms with Crippen LogP contribution in [0.3, 0.4) is 0 Å². The third-order valence-corrected chi connectivity index (χ3v) is 4.20. The summed E-state index contributed by atoms with van der Waals surface area (Å²) in [5.74, 6) is -0.243. The summed E-state index contributed by atoms with van der Waals surface area (Å²) in [6.07, 6.45) is 2.09. The fourth-order valence-electron chi connectivity index (χ4n) is 2.67. The van der Waals surface area contributed by atoms with Gasteiger partial charge < -0.3 is 14.9 Å². The second kappa shape index (κ2) is 8.18. The molecule has 138 valence electrons. The van der Waals surface area contributed by atoms with Gasteiger partial charge in [-0.3, -0.25) is 9.89 Å². The highest BCUT2D eigenvalue weighted by Crippen LogP contribution is 2.18. The molecule has 27 heavy (non-hydrogen) atoms. The Balaban J connectivity index is 1.80. The number of nitrogens with zero attached hydrogens (tertiary/aromatic N) is 3. The largest absolute Gasteiger partial charge is 0.465 e. The first-order valence-electron chi connectivity index (χ1n) is 8.48. The zero-order valence-corrected chi connectivity index (χ0v) is 14.9. The molecule has 7 heteroatoms. The summed E-state index contributed by atoms with van der Waals surface area (Å²) in [5, 5.41) is 17.1. The number of benzene rings is 2. The number of hydrogen-bond acceptors (Lipinski definition) is 3. The van der Waals surface area contributed by atoms with E-state index in [0.29, 0.717) is 11.4 Å². The Labute approximate surface area is 156 Å². The van der Waals surface area contributed by atoms with Gasteiger partial charge >= 0.3 is 6.09 Å². The molecule has 0 saturated heterocycles. The molecule has 1 aromatic heterocycles. The van der Waals surface area contributed by atoms with Gasteiger partial charge in [0.05, 0.1) is 11.2 Å². The number of amides is 2. The predicted octanol–water partition coefficient (Wildman–Crippen LogP) is 3.22. The van der Waals surface area contributed by atoms with Crippen molar-refractivity contribution in [2.24, 2.45) is 0 Å². The minimum Gasteiger partial charge on any atom is -0.465 e. The number of aromatic amines is 1. The van der Waals surface area contributed by atoms with Crippen LogP contribution in [0.15, 0.2) is 60.7 Å². The quantitative estimate of drug-likeness (QED) is 0.657. The van der Waals surface area contributed by atoms with Gasteiger partial charge in [-0.1, -0.05) is 36.4 Å². The van der Waals surface area contributed by atoms with E-state index in [4.69, 9.17) is 5.11 Å². The molecule has 0 bridgehead atoms. The summed E-state index contributed by atoms with van der Waals surface area (Å²) >= 11 is 0. The summed E-state index contributed by atoms with van der Waals surface area (Å²) < 4.78 is 0. The number of carboxylic acid groups (broad SMARTS) is 1. The highest BCUT2D eigenvalue weighted by Gasteiger charge is 2.15. The number of nitrogens with one attached hydrogen (secondary N) is 1. The summed E-state index contributed by atoms with van der Waals surface area (Å²) in [4.78, 5) is 26.5. The molecule has 0 saturated carbocycles. The van der Waals surface area contributed by atoms with Gasteiger partial charge in [-0.2, -0.15) is 5.10 Å². The molecule has 0 fully saturated rings. The van der Waals surface area contributed by atoms with Crippen LogP contribution in [0.1, 0.15) is 5.69 Å². The first-order chi connectivity index (χ1) is 13.1. The fourth-order valence-corrected chi connectivity index (χ4v) is 2.67. The van der Waals surface area contributed by atoms with Crippen LogP contribution in [0.25, 0.3) is 17.0 Å². The van der Waals surface area contributed by atoms with E-state index in [1.165, 1.54) is 13.1 Å². The lowest BCUT2D eigenvalue weighted by molar-refractivity contribution is -0.114. The molecular weight excluding hydrogens is 344 g/mol. The van der Waals surface area contributed by atoms with E-state index in [1.807, 2.05) is 54.6 Å². The lowest BCUT2D eigenvalue weighted by Crippen LogP contribution is -2.38. The SMILES string of the molecule is CN(CCN(C(=O)/C=C/c1n[nH]c2ccccc12)c1ccccc1)C(=O)O. The summed E-state index contributed by atoms with van der Waals surface area (Å²) in [5.41, 5.74) is 2.28. The average molecular weight is 364 g/mol. The van der Waals surface area contributed by atoms with Gasteiger partial charge in [0.1, 0.15) is 0 Å². The Kier molecular flexibility index (Phi) is 5.51. The highest BCUT2D eigenvalue weighted by molar-refractivity contribution is 6.04. The highest BCUT2D eigenvalue weighted by atomic mass is 16.4. The molecule has 0 aliphatic carbocycles. The number of fused-ring (bicyclic) bond motifs is 1. The van der Waals surface area contributed by atoms with Crippen LogP contribution in [-0.2, 0) is 4.79 Å². The maximum Gasteiger partial charge on any atom is 0.407 e. The van der Waals surface area contributed by atoms with Crippen LogP contribution in [0.2, 0.25) is 0 Å². The number of carbonyl (C=O) groups excluding carboxylic acids is 1. The Bertz CT molecular complexity index is 966.